The molecule has 0 heterocycles. The van der Waals surface area contributed by atoms with Crippen molar-refractivity contribution in [1.29, 1.82) is 0 Å². The van der Waals surface area contributed by atoms with Crippen molar-refractivity contribution in [3.63, 3.8) is 0 Å². The fourth-order valence-electron chi connectivity index (χ4n) is 3.24. The van der Waals surface area contributed by atoms with Crippen molar-refractivity contribution in [1.82, 2.24) is 10.2 Å². The van der Waals surface area contributed by atoms with E-state index in [0.29, 0.717) is 19.3 Å². The number of carbonyl (C=O) groups is 2. The highest BCUT2D eigenvalue weighted by Gasteiger charge is 2.28. The van der Waals surface area contributed by atoms with Gasteiger partial charge in [0.2, 0.25) is 11.8 Å². The van der Waals surface area contributed by atoms with Gasteiger partial charge >= 0.3 is 0 Å². The molecule has 0 spiro atoms. The zero-order valence-corrected chi connectivity index (χ0v) is 17.7. The highest BCUT2D eigenvalue weighted by atomic mass is 19.1. The second kappa shape index (κ2) is 10.7. The van der Waals surface area contributed by atoms with E-state index in [1.807, 2.05) is 52.0 Å². The van der Waals surface area contributed by atoms with Crippen LogP contribution < -0.4 is 5.32 Å². The summed E-state index contributed by atoms with van der Waals surface area (Å²) in [4.78, 5) is 27.5. The van der Waals surface area contributed by atoms with Crippen molar-refractivity contribution < 1.29 is 14.0 Å². The summed E-state index contributed by atoms with van der Waals surface area (Å²) in [7, 11) is 0. The van der Waals surface area contributed by atoms with E-state index >= 15 is 0 Å². The average Bonchev–Trinajstić information content (AvgIpc) is 2.68. The predicted octanol–water partition coefficient (Wildman–Crippen LogP) is 4.40. The molecular formula is C24H31FN2O2. The molecule has 0 saturated heterocycles. The van der Waals surface area contributed by atoms with Crippen molar-refractivity contribution in [2.75, 3.05) is 0 Å². The smallest absolute Gasteiger partial charge is 0.243 e. The van der Waals surface area contributed by atoms with Gasteiger partial charge in [-0.15, -0.1) is 0 Å². The van der Waals surface area contributed by atoms with Crippen molar-refractivity contribution in [2.45, 2.75) is 65.6 Å². The van der Waals surface area contributed by atoms with Gasteiger partial charge in [-0.1, -0.05) is 48.9 Å². The highest BCUT2D eigenvalue weighted by molar-refractivity contribution is 5.87. The van der Waals surface area contributed by atoms with Gasteiger partial charge in [0.25, 0.3) is 0 Å². The second-order valence-corrected chi connectivity index (χ2v) is 7.72. The fourth-order valence-corrected chi connectivity index (χ4v) is 3.24. The average molecular weight is 399 g/mol. The molecule has 0 aromatic heterocycles. The topological polar surface area (TPSA) is 49.4 Å². The molecule has 0 fully saturated rings. The van der Waals surface area contributed by atoms with Crippen LogP contribution in [0.2, 0.25) is 0 Å². The number of halogens is 1. The van der Waals surface area contributed by atoms with Crippen LogP contribution in [0.4, 0.5) is 4.39 Å². The predicted molar refractivity (Wildman–Crippen MR) is 114 cm³/mol. The SMILES string of the molecule is CC[C@@H](C(=O)NC(C)C)N(Cc1ccc(F)cc1)C(=O)CCc1ccc(C)cc1. The lowest BCUT2D eigenvalue weighted by Gasteiger charge is -2.31. The van der Waals surface area contributed by atoms with Crippen LogP contribution in [0.15, 0.2) is 48.5 Å². The largest absolute Gasteiger partial charge is 0.352 e. The number of amides is 2. The van der Waals surface area contributed by atoms with Crippen molar-refractivity contribution in [2.24, 2.45) is 0 Å². The molecule has 0 aliphatic carbocycles. The zero-order valence-electron chi connectivity index (χ0n) is 17.7. The zero-order chi connectivity index (χ0) is 21.4. The molecule has 0 bridgehead atoms. The van der Waals surface area contributed by atoms with Crippen LogP contribution in [0.5, 0.6) is 0 Å². The Morgan fingerprint density at radius 3 is 2.14 bits per heavy atom. The van der Waals surface area contributed by atoms with Gasteiger partial charge in [-0.05, 0) is 56.9 Å². The van der Waals surface area contributed by atoms with Crippen LogP contribution in [0.1, 0.15) is 50.3 Å². The number of nitrogens with zero attached hydrogens (tertiary/aromatic N) is 1. The summed E-state index contributed by atoms with van der Waals surface area (Å²) in [5, 5.41) is 2.91. The molecule has 0 unspecified atom stereocenters. The number of hydrogen-bond donors (Lipinski definition) is 1. The first-order valence-corrected chi connectivity index (χ1v) is 10.2. The third kappa shape index (κ3) is 7.00. The minimum absolute atomic E-state index is 0.00752. The van der Waals surface area contributed by atoms with E-state index in [9.17, 15) is 14.0 Å². The molecule has 0 saturated carbocycles. The number of nitrogens with one attached hydrogen (secondary N) is 1. The Kier molecular flexibility index (Phi) is 8.37. The van der Waals surface area contributed by atoms with Gasteiger partial charge in [-0.3, -0.25) is 9.59 Å². The number of rotatable bonds is 9. The Morgan fingerprint density at radius 1 is 1.00 bits per heavy atom. The van der Waals surface area contributed by atoms with Crippen LogP contribution in [0, 0.1) is 12.7 Å². The lowest BCUT2D eigenvalue weighted by molar-refractivity contribution is -0.141. The molecule has 29 heavy (non-hydrogen) atoms. The van der Waals surface area contributed by atoms with E-state index in [0.717, 1.165) is 11.1 Å². The van der Waals surface area contributed by atoms with Gasteiger partial charge in [-0.25, -0.2) is 4.39 Å². The molecule has 1 N–H and O–H groups in total. The third-order valence-electron chi connectivity index (χ3n) is 4.83. The van der Waals surface area contributed by atoms with Gasteiger partial charge in [0.1, 0.15) is 11.9 Å². The Labute approximate surface area is 173 Å². The van der Waals surface area contributed by atoms with Crippen LogP contribution in [-0.2, 0) is 22.6 Å². The monoisotopic (exact) mass is 398 g/mol. The lowest BCUT2D eigenvalue weighted by Crippen LogP contribution is -2.50. The van der Waals surface area contributed by atoms with E-state index in [1.165, 1.54) is 17.7 Å². The third-order valence-corrected chi connectivity index (χ3v) is 4.83. The summed E-state index contributed by atoms with van der Waals surface area (Å²) in [5.41, 5.74) is 3.06. The minimum atomic E-state index is -0.562. The summed E-state index contributed by atoms with van der Waals surface area (Å²) in [5.74, 6) is -0.565. The standard InChI is InChI=1S/C24H31FN2O2/c1-5-22(24(29)26-17(2)3)27(16-20-10-13-21(25)14-11-20)23(28)15-12-19-8-6-18(4)7-9-19/h6-11,13-14,17,22H,5,12,15-16H2,1-4H3,(H,26,29)/t22-/m0/s1. The molecule has 0 radical (unpaired) electrons. The first-order chi connectivity index (χ1) is 13.8. The number of hydrogen-bond acceptors (Lipinski definition) is 2. The molecular weight excluding hydrogens is 367 g/mol. The molecule has 2 amide bonds. The molecule has 5 heteroatoms. The minimum Gasteiger partial charge on any atom is -0.352 e. The first-order valence-electron chi connectivity index (χ1n) is 10.2. The maximum atomic E-state index is 13.3. The van der Waals surface area contributed by atoms with Gasteiger partial charge in [-0.2, -0.15) is 0 Å². The molecule has 2 aromatic carbocycles. The number of aryl methyl sites for hydroxylation is 2. The van der Waals surface area contributed by atoms with Crippen LogP contribution in [-0.4, -0.2) is 28.8 Å². The van der Waals surface area contributed by atoms with E-state index in [4.69, 9.17) is 0 Å². The van der Waals surface area contributed by atoms with Gasteiger partial charge in [0.15, 0.2) is 0 Å². The summed E-state index contributed by atoms with van der Waals surface area (Å²) in [6, 6.07) is 13.6. The number of carbonyl (C=O) groups excluding carboxylic acids is 2. The van der Waals surface area contributed by atoms with Gasteiger partial charge in [0, 0.05) is 19.0 Å². The van der Waals surface area contributed by atoms with Crippen LogP contribution in [0.25, 0.3) is 0 Å². The molecule has 1 atom stereocenters. The molecule has 0 aliphatic rings. The van der Waals surface area contributed by atoms with E-state index in [2.05, 4.69) is 5.32 Å². The molecule has 2 aromatic rings. The fraction of sp³-hybridized carbons (Fsp3) is 0.417. The quantitative estimate of drug-likeness (QED) is 0.681. The summed E-state index contributed by atoms with van der Waals surface area (Å²) in [6.45, 7) is 7.99. The van der Waals surface area contributed by atoms with E-state index in [-0.39, 0.29) is 30.2 Å². The van der Waals surface area contributed by atoms with Crippen LogP contribution >= 0.6 is 0 Å². The molecule has 2 rings (SSSR count). The molecule has 0 aliphatic heterocycles. The Hall–Kier alpha value is -2.69. The second-order valence-electron chi connectivity index (χ2n) is 7.72. The van der Waals surface area contributed by atoms with Crippen molar-refractivity contribution in [3.05, 3.63) is 71.0 Å². The van der Waals surface area contributed by atoms with Crippen molar-refractivity contribution >= 4 is 11.8 Å². The molecule has 4 nitrogen and oxygen atoms in total. The Bertz CT molecular complexity index is 801. The maximum absolute atomic E-state index is 13.3. The summed E-state index contributed by atoms with van der Waals surface area (Å²) in [6.07, 6.45) is 1.44. The lowest BCUT2D eigenvalue weighted by atomic mass is 10.0. The van der Waals surface area contributed by atoms with Gasteiger partial charge < -0.3 is 10.2 Å². The highest BCUT2D eigenvalue weighted by Crippen LogP contribution is 2.16. The van der Waals surface area contributed by atoms with Gasteiger partial charge in [0.05, 0.1) is 0 Å². The summed E-state index contributed by atoms with van der Waals surface area (Å²) >= 11 is 0. The van der Waals surface area contributed by atoms with Crippen LogP contribution in [0.3, 0.4) is 0 Å². The number of benzene rings is 2. The maximum Gasteiger partial charge on any atom is 0.243 e. The Balaban J connectivity index is 2.18. The molecule has 156 valence electrons. The van der Waals surface area contributed by atoms with E-state index < -0.39 is 6.04 Å². The Morgan fingerprint density at radius 2 is 1.59 bits per heavy atom. The van der Waals surface area contributed by atoms with E-state index in [1.54, 1.807) is 17.0 Å². The first kappa shape index (κ1) is 22.6. The van der Waals surface area contributed by atoms with Crippen molar-refractivity contribution in [3.8, 4) is 0 Å². The summed E-state index contributed by atoms with van der Waals surface area (Å²) < 4.78 is 13.3. The normalized spacial score (nSPS) is 11.9.